The van der Waals surface area contributed by atoms with E-state index in [-0.39, 0.29) is 11.7 Å². The lowest BCUT2D eigenvalue weighted by molar-refractivity contribution is 0.101. The number of nitrogens with one attached hydrogen (secondary N) is 1. The summed E-state index contributed by atoms with van der Waals surface area (Å²) in [6.45, 7) is 1.81. The highest BCUT2D eigenvalue weighted by Crippen LogP contribution is 2.05. The van der Waals surface area contributed by atoms with E-state index in [0.717, 1.165) is 5.69 Å². The van der Waals surface area contributed by atoms with Crippen LogP contribution in [0.15, 0.2) is 36.8 Å². The highest BCUT2D eigenvalue weighted by Gasteiger charge is 2.08. The van der Waals surface area contributed by atoms with E-state index in [2.05, 4.69) is 20.3 Å². The molecule has 2 aromatic rings. The maximum absolute atomic E-state index is 11.7. The van der Waals surface area contributed by atoms with Gasteiger partial charge in [-0.3, -0.25) is 9.78 Å². The molecule has 2 heterocycles. The number of aryl methyl sites for hydroxylation is 1. The summed E-state index contributed by atoms with van der Waals surface area (Å²) >= 11 is 0. The van der Waals surface area contributed by atoms with E-state index in [1.807, 2.05) is 6.92 Å². The van der Waals surface area contributed by atoms with Gasteiger partial charge < -0.3 is 5.32 Å². The molecule has 0 aromatic carbocycles. The summed E-state index contributed by atoms with van der Waals surface area (Å²) in [7, 11) is 0. The van der Waals surface area contributed by atoms with Gasteiger partial charge >= 0.3 is 0 Å². The Morgan fingerprint density at radius 3 is 2.62 bits per heavy atom. The molecule has 0 saturated heterocycles. The molecule has 0 aliphatic rings. The molecule has 0 bridgehead atoms. The molecule has 1 amide bonds. The standard InChI is InChI=1S/C11H10N4O/c1-8-2-7-13-10(14-8)11(16)15-9-3-5-12-6-4-9/h2-7H,1H3,(H,12,15,16). The topological polar surface area (TPSA) is 67.8 Å². The minimum absolute atomic E-state index is 0.164. The van der Waals surface area contributed by atoms with Crippen LogP contribution >= 0.6 is 0 Å². The molecule has 16 heavy (non-hydrogen) atoms. The quantitative estimate of drug-likeness (QED) is 0.821. The number of anilines is 1. The Hall–Kier alpha value is -2.30. The van der Waals surface area contributed by atoms with Gasteiger partial charge in [-0.05, 0) is 25.1 Å². The summed E-state index contributed by atoms with van der Waals surface area (Å²) in [6.07, 6.45) is 4.77. The maximum Gasteiger partial charge on any atom is 0.293 e. The number of rotatable bonds is 2. The first-order chi connectivity index (χ1) is 7.75. The van der Waals surface area contributed by atoms with E-state index < -0.39 is 0 Å². The highest BCUT2D eigenvalue weighted by molar-refractivity contribution is 6.01. The molecule has 0 atom stereocenters. The molecule has 0 fully saturated rings. The van der Waals surface area contributed by atoms with Crippen LogP contribution in [0.1, 0.15) is 16.3 Å². The second kappa shape index (κ2) is 4.48. The number of aromatic nitrogens is 3. The van der Waals surface area contributed by atoms with Crippen molar-refractivity contribution in [3.05, 3.63) is 48.3 Å². The predicted molar refractivity (Wildman–Crippen MR) is 59.0 cm³/mol. The van der Waals surface area contributed by atoms with Crippen LogP contribution in [0.5, 0.6) is 0 Å². The minimum Gasteiger partial charge on any atom is -0.319 e. The Morgan fingerprint density at radius 2 is 1.94 bits per heavy atom. The van der Waals surface area contributed by atoms with Crippen molar-refractivity contribution in [1.82, 2.24) is 15.0 Å². The second-order valence-corrected chi connectivity index (χ2v) is 3.21. The van der Waals surface area contributed by atoms with Crippen LogP contribution in [-0.4, -0.2) is 20.9 Å². The number of amides is 1. The van der Waals surface area contributed by atoms with E-state index in [1.54, 1.807) is 36.8 Å². The van der Waals surface area contributed by atoms with Gasteiger partial charge in [0.25, 0.3) is 5.91 Å². The van der Waals surface area contributed by atoms with Gasteiger partial charge in [0.15, 0.2) is 0 Å². The normalized spacial score (nSPS) is 9.81. The fourth-order valence-corrected chi connectivity index (χ4v) is 1.18. The molecular formula is C11H10N4O. The molecule has 0 spiro atoms. The molecule has 2 rings (SSSR count). The summed E-state index contributed by atoms with van der Waals surface area (Å²) in [4.78, 5) is 23.5. The van der Waals surface area contributed by atoms with E-state index in [1.165, 1.54) is 0 Å². The zero-order valence-corrected chi connectivity index (χ0v) is 8.71. The Bertz CT molecular complexity index is 498. The zero-order chi connectivity index (χ0) is 11.4. The number of pyridine rings is 1. The average Bonchev–Trinajstić information content (AvgIpc) is 2.30. The van der Waals surface area contributed by atoms with Crippen molar-refractivity contribution in [2.75, 3.05) is 5.32 Å². The molecule has 5 nitrogen and oxygen atoms in total. The van der Waals surface area contributed by atoms with E-state index >= 15 is 0 Å². The molecule has 0 aliphatic carbocycles. The van der Waals surface area contributed by atoms with Crippen molar-refractivity contribution in [2.45, 2.75) is 6.92 Å². The molecule has 0 aliphatic heterocycles. The first-order valence-electron chi connectivity index (χ1n) is 4.77. The lowest BCUT2D eigenvalue weighted by Crippen LogP contribution is -2.15. The van der Waals surface area contributed by atoms with Crippen LogP contribution in [0, 0.1) is 6.92 Å². The number of carbonyl (C=O) groups excluding carboxylic acids is 1. The zero-order valence-electron chi connectivity index (χ0n) is 8.71. The molecular weight excluding hydrogens is 204 g/mol. The number of hydrogen-bond acceptors (Lipinski definition) is 4. The molecule has 0 saturated carbocycles. The smallest absolute Gasteiger partial charge is 0.293 e. The van der Waals surface area contributed by atoms with Crippen molar-refractivity contribution in [1.29, 1.82) is 0 Å². The first-order valence-corrected chi connectivity index (χ1v) is 4.77. The number of carbonyl (C=O) groups is 1. The minimum atomic E-state index is -0.324. The first kappa shape index (κ1) is 10.2. The molecule has 1 N–H and O–H groups in total. The number of nitrogens with zero attached hydrogens (tertiary/aromatic N) is 3. The Labute approximate surface area is 92.6 Å². The summed E-state index contributed by atoms with van der Waals surface area (Å²) in [6, 6.07) is 5.14. The van der Waals surface area contributed by atoms with Gasteiger partial charge in [-0.15, -0.1) is 0 Å². The Morgan fingerprint density at radius 1 is 1.19 bits per heavy atom. The van der Waals surface area contributed by atoms with Crippen molar-refractivity contribution < 1.29 is 4.79 Å². The van der Waals surface area contributed by atoms with Crippen molar-refractivity contribution in [3.63, 3.8) is 0 Å². The number of hydrogen-bond donors (Lipinski definition) is 1. The molecule has 80 valence electrons. The highest BCUT2D eigenvalue weighted by atomic mass is 16.2. The van der Waals surface area contributed by atoms with Crippen LogP contribution < -0.4 is 5.32 Å². The maximum atomic E-state index is 11.7. The third-order valence-corrected chi connectivity index (χ3v) is 1.94. The fraction of sp³-hybridized carbons (Fsp3) is 0.0909. The van der Waals surface area contributed by atoms with E-state index in [0.29, 0.717) is 5.69 Å². The summed E-state index contributed by atoms with van der Waals surface area (Å²) in [5, 5.41) is 2.68. The van der Waals surface area contributed by atoms with Crippen LogP contribution in [0.25, 0.3) is 0 Å². The van der Waals surface area contributed by atoms with E-state index in [4.69, 9.17) is 0 Å². The molecule has 0 radical (unpaired) electrons. The molecule has 5 heteroatoms. The van der Waals surface area contributed by atoms with Crippen molar-refractivity contribution in [2.24, 2.45) is 0 Å². The van der Waals surface area contributed by atoms with Crippen molar-refractivity contribution in [3.8, 4) is 0 Å². The lowest BCUT2D eigenvalue weighted by atomic mass is 10.4. The predicted octanol–water partition coefficient (Wildman–Crippen LogP) is 1.43. The van der Waals surface area contributed by atoms with Crippen LogP contribution in [0.4, 0.5) is 5.69 Å². The summed E-state index contributed by atoms with van der Waals surface area (Å²) < 4.78 is 0. The SMILES string of the molecule is Cc1ccnc(C(=O)Nc2ccncc2)n1. The van der Waals surface area contributed by atoms with E-state index in [9.17, 15) is 4.79 Å². The lowest BCUT2D eigenvalue weighted by Gasteiger charge is -2.03. The molecule has 0 unspecified atom stereocenters. The third-order valence-electron chi connectivity index (χ3n) is 1.94. The van der Waals surface area contributed by atoms with Crippen LogP contribution in [0.2, 0.25) is 0 Å². The Balaban J connectivity index is 2.15. The van der Waals surface area contributed by atoms with Crippen LogP contribution in [0.3, 0.4) is 0 Å². The van der Waals surface area contributed by atoms with Gasteiger partial charge in [0.1, 0.15) is 0 Å². The van der Waals surface area contributed by atoms with Crippen molar-refractivity contribution >= 4 is 11.6 Å². The van der Waals surface area contributed by atoms with Gasteiger partial charge in [0, 0.05) is 30.0 Å². The molecule has 2 aromatic heterocycles. The Kier molecular flexibility index (Phi) is 2.86. The summed E-state index contributed by atoms with van der Waals surface area (Å²) in [5.41, 5.74) is 1.43. The third kappa shape index (κ3) is 2.38. The van der Waals surface area contributed by atoms with Gasteiger partial charge in [-0.2, -0.15) is 0 Å². The second-order valence-electron chi connectivity index (χ2n) is 3.21. The summed E-state index contributed by atoms with van der Waals surface area (Å²) in [5.74, 6) is -0.160. The van der Waals surface area contributed by atoms with Gasteiger partial charge in [-0.1, -0.05) is 0 Å². The largest absolute Gasteiger partial charge is 0.319 e. The van der Waals surface area contributed by atoms with Gasteiger partial charge in [-0.25, -0.2) is 9.97 Å². The van der Waals surface area contributed by atoms with Gasteiger partial charge in [0.05, 0.1) is 0 Å². The average molecular weight is 214 g/mol. The van der Waals surface area contributed by atoms with Gasteiger partial charge in [0.2, 0.25) is 5.82 Å². The fourth-order valence-electron chi connectivity index (χ4n) is 1.18. The van der Waals surface area contributed by atoms with Crippen LogP contribution in [-0.2, 0) is 0 Å². The monoisotopic (exact) mass is 214 g/mol.